The quantitative estimate of drug-likeness (QED) is 0.264. The molecule has 0 aliphatic carbocycles. The van der Waals surface area contributed by atoms with Crippen molar-refractivity contribution in [2.75, 3.05) is 0 Å². The van der Waals surface area contributed by atoms with Gasteiger partial charge >= 0.3 is 5.97 Å². The van der Waals surface area contributed by atoms with Crippen molar-refractivity contribution in [3.63, 3.8) is 0 Å². The molecule has 0 spiro atoms. The lowest BCUT2D eigenvalue weighted by Gasteiger charge is -2.25. The van der Waals surface area contributed by atoms with Crippen molar-refractivity contribution < 1.29 is 19.4 Å². The molecule has 0 aliphatic heterocycles. The van der Waals surface area contributed by atoms with Crippen LogP contribution in [0, 0.1) is 0 Å². The number of rotatable bonds is 18. The summed E-state index contributed by atoms with van der Waals surface area (Å²) < 4.78 is 4.94. The van der Waals surface area contributed by atoms with Gasteiger partial charge in [0.2, 0.25) is 0 Å². The van der Waals surface area contributed by atoms with Crippen LogP contribution in [0.5, 0.6) is 0 Å². The number of nitrogens with two attached hydrogens (primary N) is 1. The zero-order valence-electron chi connectivity index (χ0n) is 17.9. The molecule has 0 saturated carbocycles. The van der Waals surface area contributed by atoms with Gasteiger partial charge < -0.3 is 15.6 Å². The molecule has 0 amide bonds. The highest BCUT2D eigenvalue weighted by Crippen LogP contribution is 2.15. The molecule has 5 heteroatoms. The number of carbonyl (C=O) groups is 2. The maximum absolute atomic E-state index is 11.5. The molecule has 3 N–H and O–H groups in total. The van der Waals surface area contributed by atoms with Gasteiger partial charge in [-0.2, -0.15) is 0 Å². The zero-order chi connectivity index (χ0) is 20.5. The molecule has 160 valence electrons. The Labute approximate surface area is 166 Å². The van der Waals surface area contributed by atoms with E-state index in [2.05, 4.69) is 6.92 Å². The van der Waals surface area contributed by atoms with E-state index in [0.717, 1.165) is 12.8 Å². The zero-order valence-corrected chi connectivity index (χ0v) is 17.9. The van der Waals surface area contributed by atoms with E-state index in [0.29, 0.717) is 6.42 Å². The normalized spacial score (nSPS) is 14.6. The first-order chi connectivity index (χ1) is 12.9. The summed E-state index contributed by atoms with van der Waals surface area (Å²) in [6.45, 7) is 4.81. The summed E-state index contributed by atoms with van der Waals surface area (Å²) in [6.07, 6.45) is 15.2. The van der Waals surface area contributed by atoms with Crippen LogP contribution >= 0.6 is 0 Å². The molecule has 0 aliphatic rings. The van der Waals surface area contributed by atoms with Gasteiger partial charge in [-0.25, -0.2) is 0 Å². The van der Waals surface area contributed by atoms with Crippen molar-refractivity contribution in [3.8, 4) is 0 Å². The molecule has 0 heterocycles. The number of esters is 1. The van der Waals surface area contributed by atoms with Gasteiger partial charge in [0.05, 0.1) is 12.1 Å². The Morgan fingerprint density at radius 3 is 1.59 bits per heavy atom. The Morgan fingerprint density at radius 2 is 1.22 bits per heavy atom. The summed E-state index contributed by atoms with van der Waals surface area (Å²) in [6, 6.07) is -0.858. The average molecular weight is 386 g/mol. The van der Waals surface area contributed by atoms with Gasteiger partial charge in [-0.1, -0.05) is 90.4 Å². The van der Waals surface area contributed by atoms with Crippen LogP contribution in [-0.4, -0.2) is 35.1 Å². The second kappa shape index (κ2) is 17.2. The van der Waals surface area contributed by atoms with E-state index in [4.69, 9.17) is 10.5 Å². The molecular weight excluding hydrogens is 342 g/mol. The third-order valence-electron chi connectivity index (χ3n) is 5.09. The van der Waals surface area contributed by atoms with E-state index in [1.807, 2.05) is 0 Å². The van der Waals surface area contributed by atoms with Crippen LogP contribution in [0.15, 0.2) is 0 Å². The van der Waals surface area contributed by atoms with Crippen LogP contribution in [0.25, 0.3) is 0 Å². The first-order valence-electron chi connectivity index (χ1n) is 11.0. The molecule has 0 radical (unpaired) electrons. The Balaban J connectivity index is 3.63. The minimum atomic E-state index is -1.06. The van der Waals surface area contributed by atoms with Crippen molar-refractivity contribution in [1.82, 2.24) is 0 Å². The third kappa shape index (κ3) is 14.7. The molecule has 5 nitrogen and oxygen atoms in total. The largest absolute Gasteiger partial charge is 0.453 e. The van der Waals surface area contributed by atoms with Crippen LogP contribution in [0.1, 0.15) is 111 Å². The van der Waals surface area contributed by atoms with Crippen LogP contribution in [0.2, 0.25) is 0 Å². The lowest BCUT2D eigenvalue weighted by molar-refractivity contribution is -0.155. The predicted molar refractivity (Wildman–Crippen MR) is 111 cm³/mol. The first-order valence-corrected chi connectivity index (χ1v) is 11.0. The Bertz CT molecular complexity index is 387. The average Bonchev–Trinajstić information content (AvgIpc) is 2.62. The SMILES string of the molecule is CCCCCCCCCCCCCCCC(O)C(N)C(OC(C)=O)C(C)=O. The smallest absolute Gasteiger partial charge is 0.303 e. The fraction of sp³-hybridized carbons (Fsp3) is 0.909. The number of ketones is 1. The van der Waals surface area contributed by atoms with Crippen LogP contribution in [0.4, 0.5) is 0 Å². The van der Waals surface area contributed by atoms with E-state index in [-0.39, 0.29) is 5.78 Å². The molecule has 3 atom stereocenters. The van der Waals surface area contributed by atoms with Gasteiger partial charge in [-0.15, -0.1) is 0 Å². The summed E-state index contributed by atoms with van der Waals surface area (Å²) in [5.41, 5.74) is 5.91. The number of hydrogen-bond acceptors (Lipinski definition) is 5. The van der Waals surface area contributed by atoms with Crippen LogP contribution in [0.3, 0.4) is 0 Å². The third-order valence-corrected chi connectivity index (χ3v) is 5.09. The molecule has 0 aromatic heterocycles. The molecule has 27 heavy (non-hydrogen) atoms. The Hall–Kier alpha value is -0.940. The second-order valence-electron chi connectivity index (χ2n) is 7.82. The summed E-state index contributed by atoms with van der Waals surface area (Å²) >= 11 is 0. The van der Waals surface area contributed by atoms with Crippen LogP contribution in [-0.2, 0) is 14.3 Å². The standard InChI is InChI=1S/C22H43NO4/c1-4-5-6-7-8-9-10-11-12-13-14-15-16-17-20(26)21(23)22(18(2)24)27-19(3)25/h20-22,26H,4-17,23H2,1-3H3. The lowest BCUT2D eigenvalue weighted by Crippen LogP contribution is -2.49. The number of hydrogen-bond donors (Lipinski definition) is 2. The maximum atomic E-state index is 11.5. The molecule has 0 aromatic carbocycles. The van der Waals surface area contributed by atoms with Gasteiger partial charge in [0, 0.05) is 6.92 Å². The Kier molecular flexibility index (Phi) is 16.6. The van der Waals surface area contributed by atoms with Gasteiger partial charge in [0.1, 0.15) is 0 Å². The number of aliphatic hydroxyl groups is 1. The highest BCUT2D eigenvalue weighted by Gasteiger charge is 2.30. The maximum Gasteiger partial charge on any atom is 0.303 e. The molecule has 0 bridgehead atoms. The van der Waals surface area contributed by atoms with Crippen molar-refractivity contribution in [2.45, 2.75) is 129 Å². The Morgan fingerprint density at radius 1 is 0.815 bits per heavy atom. The lowest BCUT2D eigenvalue weighted by atomic mass is 9.97. The van der Waals surface area contributed by atoms with E-state index >= 15 is 0 Å². The van der Waals surface area contributed by atoms with E-state index in [9.17, 15) is 14.7 Å². The van der Waals surface area contributed by atoms with Gasteiger partial charge in [-0.3, -0.25) is 9.59 Å². The number of carbonyl (C=O) groups excluding carboxylic acids is 2. The highest BCUT2D eigenvalue weighted by molar-refractivity contribution is 5.83. The minimum absolute atomic E-state index is 0.331. The fourth-order valence-electron chi connectivity index (χ4n) is 3.38. The summed E-state index contributed by atoms with van der Waals surface area (Å²) in [7, 11) is 0. The minimum Gasteiger partial charge on any atom is -0.453 e. The summed E-state index contributed by atoms with van der Waals surface area (Å²) in [4.78, 5) is 22.6. The summed E-state index contributed by atoms with van der Waals surface area (Å²) in [5.74, 6) is -0.888. The summed E-state index contributed by atoms with van der Waals surface area (Å²) in [5, 5.41) is 10.2. The number of aliphatic hydroxyl groups excluding tert-OH is 1. The number of ether oxygens (including phenoxy) is 1. The second-order valence-corrected chi connectivity index (χ2v) is 7.82. The van der Waals surface area contributed by atoms with Crippen molar-refractivity contribution in [1.29, 1.82) is 0 Å². The molecular formula is C22H43NO4. The fourth-order valence-corrected chi connectivity index (χ4v) is 3.38. The molecule has 0 rings (SSSR count). The van der Waals surface area contributed by atoms with Crippen molar-refractivity contribution in [2.24, 2.45) is 5.73 Å². The highest BCUT2D eigenvalue weighted by atomic mass is 16.5. The van der Waals surface area contributed by atoms with E-state index in [1.165, 1.54) is 84.5 Å². The number of unbranched alkanes of at least 4 members (excludes halogenated alkanes) is 12. The molecule has 0 saturated heterocycles. The topological polar surface area (TPSA) is 89.6 Å². The number of Topliss-reactive ketones (excluding diaryl/α,β-unsaturated/α-hetero) is 1. The molecule has 0 fully saturated rings. The molecule has 3 unspecified atom stereocenters. The van der Waals surface area contributed by atoms with Gasteiger partial charge in [0.15, 0.2) is 11.9 Å². The predicted octanol–water partition coefficient (Wildman–Crippen LogP) is 4.68. The monoisotopic (exact) mass is 385 g/mol. The van der Waals surface area contributed by atoms with Gasteiger partial charge in [-0.05, 0) is 13.3 Å². The molecule has 0 aromatic rings. The van der Waals surface area contributed by atoms with E-state index < -0.39 is 24.2 Å². The van der Waals surface area contributed by atoms with Crippen molar-refractivity contribution in [3.05, 3.63) is 0 Å². The first kappa shape index (κ1) is 26.1. The van der Waals surface area contributed by atoms with Crippen molar-refractivity contribution >= 4 is 11.8 Å². The van der Waals surface area contributed by atoms with Gasteiger partial charge in [0.25, 0.3) is 0 Å². The van der Waals surface area contributed by atoms with E-state index in [1.54, 1.807) is 0 Å². The van der Waals surface area contributed by atoms with Crippen LogP contribution < -0.4 is 5.73 Å².